The van der Waals surface area contributed by atoms with Gasteiger partial charge in [0.05, 0.1) is 16.3 Å². The maximum atomic E-state index is 12.8. The summed E-state index contributed by atoms with van der Waals surface area (Å²) < 4.78 is 34.7. The van der Waals surface area contributed by atoms with E-state index in [1.54, 1.807) is 28.9 Å². The van der Waals surface area contributed by atoms with Gasteiger partial charge in [-0.05, 0) is 42.7 Å². The van der Waals surface area contributed by atoms with E-state index < -0.39 is 34.5 Å². The van der Waals surface area contributed by atoms with Gasteiger partial charge in [-0.15, -0.1) is 0 Å². The first-order valence-corrected chi connectivity index (χ1v) is 14.6. The van der Waals surface area contributed by atoms with Crippen LogP contribution in [-0.2, 0) is 29.8 Å². The molecule has 3 aromatic rings. The highest BCUT2D eigenvalue weighted by atomic mass is 32.2. The lowest BCUT2D eigenvalue weighted by Crippen LogP contribution is -2.43. The van der Waals surface area contributed by atoms with Gasteiger partial charge in [-0.25, -0.2) is 13.1 Å². The number of amides is 1. The molecule has 0 fully saturated rings. The van der Waals surface area contributed by atoms with Gasteiger partial charge in [0.1, 0.15) is 11.9 Å². The fourth-order valence-corrected chi connectivity index (χ4v) is 5.05. The number of carbonyl (C=O) groups is 2. The SMILES string of the molecule is CSCC[C@H](NS(=O)(=O)c1ccccc1)C(=O)OCC(=O)Nc1cc(C(C)(C)C)nn1-c1ccccc1. The second kappa shape index (κ2) is 12.4. The first-order valence-electron chi connectivity index (χ1n) is 11.7. The van der Waals surface area contributed by atoms with Crippen LogP contribution in [0.2, 0.25) is 0 Å². The molecule has 0 saturated carbocycles. The van der Waals surface area contributed by atoms with E-state index >= 15 is 0 Å². The number of nitrogens with one attached hydrogen (secondary N) is 2. The highest BCUT2D eigenvalue weighted by Crippen LogP contribution is 2.26. The quantitative estimate of drug-likeness (QED) is 0.353. The van der Waals surface area contributed by atoms with Crippen molar-refractivity contribution in [1.29, 1.82) is 0 Å². The topological polar surface area (TPSA) is 119 Å². The Morgan fingerprint density at radius 3 is 2.27 bits per heavy atom. The number of para-hydroxylation sites is 1. The van der Waals surface area contributed by atoms with E-state index in [1.165, 1.54) is 23.9 Å². The zero-order valence-corrected chi connectivity index (χ0v) is 22.9. The lowest BCUT2D eigenvalue weighted by molar-refractivity contribution is -0.149. The summed E-state index contributed by atoms with van der Waals surface area (Å²) in [5, 5.41) is 7.40. The molecule has 37 heavy (non-hydrogen) atoms. The third kappa shape index (κ3) is 7.91. The number of hydrogen-bond acceptors (Lipinski definition) is 7. The normalized spacial score (nSPS) is 12.6. The molecule has 0 spiro atoms. The van der Waals surface area contributed by atoms with Crippen molar-refractivity contribution in [2.75, 3.05) is 23.9 Å². The number of thioether (sulfide) groups is 1. The first kappa shape index (κ1) is 28.4. The third-order valence-corrected chi connectivity index (χ3v) is 7.47. The van der Waals surface area contributed by atoms with Gasteiger partial charge < -0.3 is 10.1 Å². The Bertz CT molecular complexity index is 1300. The van der Waals surface area contributed by atoms with Crippen LogP contribution in [0.25, 0.3) is 5.69 Å². The van der Waals surface area contributed by atoms with Gasteiger partial charge in [-0.2, -0.15) is 21.6 Å². The summed E-state index contributed by atoms with van der Waals surface area (Å²) >= 11 is 1.47. The molecule has 0 aliphatic rings. The van der Waals surface area contributed by atoms with Crippen LogP contribution in [0.4, 0.5) is 5.82 Å². The second-order valence-corrected chi connectivity index (χ2v) is 12.0. The number of sulfonamides is 1. The van der Waals surface area contributed by atoms with Crippen LogP contribution in [0.3, 0.4) is 0 Å². The Hall–Kier alpha value is -3.15. The van der Waals surface area contributed by atoms with E-state index in [0.717, 1.165) is 11.4 Å². The highest BCUT2D eigenvalue weighted by Gasteiger charge is 2.27. The van der Waals surface area contributed by atoms with Crippen molar-refractivity contribution in [3.8, 4) is 5.69 Å². The molecule has 0 radical (unpaired) electrons. The van der Waals surface area contributed by atoms with E-state index in [0.29, 0.717) is 11.6 Å². The molecule has 198 valence electrons. The van der Waals surface area contributed by atoms with Gasteiger partial charge in [0, 0.05) is 11.5 Å². The maximum absolute atomic E-state index is 12.8. The summed E-state index contributed by atoms with van der Waals surface area (Å²) in [5.74, 6) is -0.438. The minimum absolute atomic E-state index is 0.0403. The van der Waals surface area contributed by atoms with Crippen molar-refractivity contribution in [2.45, 2.75) is 43.5 Å². The standard InChI is InChI=1S/C26H32N4O5S2/c1-26(2,3)22-17-23(30(28-22)19-11-7-5-8-12-19)27-24(31)18-35-25(32)21(15-16-36-4)29-37(33,34)20-13-9-6-10-14-20/h5-14,17,21,29H,15-16,18H2,1-4H3,(H,27,31)/t21-/m0/s1. The van der Waals surface area contributed by atoms with Crippen LogP contribution in [0.1, 0.15) is 32.9 Å². The van der Waals surface area contributed by atoms with Gasteiger partial charge in [0.25, 0.3) is 5.91 Å². The van der Waals surface area contributed by atoms with Crippen LogP contribution in [0.5, 0.6) is 0 Å². The van der Waals surface area contributed by atoms with Crippen LogP contribution >= 0.6 is 11.8 Å². The number of nitrogens with zero attached hydrogens (tertiary/aromatic N) is 2. The summed E-state index contributed by atoms with van der Waals surface area (Å²) in [6.07, 6.45) is 2.06. The second-order valence-electron chi connectivity index (χ2n) is 9.34. The number of esters is 1. The molecule has 1 atom stereocenters. The fourth-order valence-electron chi connectivity index (χ4n) is 3.33. The van der Waals surface area contributed by atoms with Crippen molar-refractivity contribution < 1.29 is 22.7 Å². The molecule has 0 saturated heterocycles. The van der Waals surface area contributed by atoms with E-state index in [2.05, 4.69) is 15.1 Å². The molecule has 0 unspecified atom stereocenters. The van der Waals surface area contributed by atoms with Crippen molar-refractivity contribution in [1.82, 2.24) is 14.5 Å². The van der Waals surface area contributed by atoms with Gasteiger partial charge >= 0.3 is 5.97 Å². The Morgan fingerprint density at radius 2 is 1.68 bits per heavy atom. The van der Waals surface area contributed by atoms with Gasteiger partial charge in [0.2, 0.25) is 10.0 Å². The van der Waals surface area contributed by atoms with Crippen LogP contribution in [-0.4, -0.2) is 54.7 Å². The molecular weight excluding hydrogens is 512 g/mol. The average molecular weight is 545 g/mol. The number of hydrogen-bond donors (Lipinski definition) is 2. The molecule has 2 N–H and O–H groups in total. The predicted molar refractivity (Wildman–Crippen MR) is 145 cm³/mol. The van der Waals surface area contributed by atoms with Crippen LogP contribution < -0.4 is 10.0 Å². The summed E-state index contributed by atoms with van der Waals surface area (Å²) in [7, 11) is -3.94. The Kier molecular flexibility index (Phi) is 9.52. The van der Waals surface area contributed by atoms with Crippen molar-refractivity contribution >= 4 is 39.5 Å². The lowest BCUT2D eigenvalue weighted by atomic mass is 9.92. The fraction of sp³-hybridized carbons (Fsp3) is 0.346. The number of anilines is 1. The number of benzene rings is 2. The summed E-state index contributed by atoms with van der Waals surface area (Å²) in [5.41, 5.74) is 1.28. The predicted octanol–water partition coefficient (Wildman–Crippen LogP) is 3.75. The lowest BCUT2D eigenvalue weighted by Gasteiger charge is -2.17. The Balaban J connectivity index is 1.70. The molecule has 1 heterocycles. The van der Waals surface area contributed by atoms with Gasteiger partial charge in [-0.1, -0.05) is 57.2 Å². The zero-order valence-electron chi connectivity index (χ0n) is 21.3. The van der Waals surface area contributed by atoms with Gasteiger partial charge in [-0.3, -0.25) is 9.59 Å². The van der Waals surface area contributed by atoms with E-state index in [4.69, 9.17) is 4.74 Å². The first-order chi connectivity index (χ1) is 17.5. The monoisotopic (exact) mass is 544 g/mol. The number of rotatable bonds is 11. The largest absolute Gasteiger partial charge is 0.454 e. The average Bonchev–Trinajstić information content (AvgIpc) is 3.30. The van der Waals surface area contributed by atoms with Crippen molar-refractivity contribution in [3.63, 3.8) is 0 Å². The highest BCUT2D eigenvalue weighted by molar-refractivity contribution is 7.98. The molecule has 9 nitrogen and oxygen atoms in total. The molecule has 1 amide bonds. The number of carbonyl (C=O) groups excluding carboxylic acids is 2. The van der Waals surface area contributed by atoms with Crippen LogP contribution in [0, 0.1) is 0 Å². The maximum Gasteiger partial charge on any atom is 0.324 e. The molecule has 3 rings (SSSR count). The van der Waals surface area contributed by atoms with Crippen molar-refractivity contribution in [3.05, 3.63) is 72.4 Å². The summed E-state index contributed by atoms with van der Waals surface area (Å²) in [6, 6.07) is 17.8. The molecule has 0 bridgehead atoms. The minimum atomic E-state index is -3.94. The van der Waals surface area contributed by atoms with Crippen LogP contribution in [0.15, 0.2) is 71.6 Å². The Labute approximate surface area is 222 Å². The van der Waals surface area contributed by atoms with E-state index in [1.807, 2.05) is 57.4 Å². The summed E-state index contributed by atoms with van der Waals surface area (Å²) in [4.78, 5) is 25.6. The smallest absolute Gasteiger partial charge is 0.324 e. The molecule has 0 aliphatic heterocycles. The molecular formula is C26H32N4O5S2. The molecule has 1 aromatic heterocycles. The minimum Gasteiger partial charge on any atom is -0.454 e. The van der Waals surface area contributed by atoms with E-state index in [9.17, 15) is 18.0 Å². The molecule has 11 heteroatoms. The zero-order chi connectivity index (χ0) is 27.1. The molecule has 2 aromatic carbocycles. The van der Waals surface area contributed by atoms with Crippen molar-refractivity contribution in [2.24, 2.45) is 0 Å². The number of ether oxygens (including phenoxy) is 1. The van der Waals surface area contributed by atoms with Gasteiger partial charge in [0.15, 0.2) is 6.61 Å². The third-order valence-electron chi connectivity index (χ3n) is 5.34. The molecule has 0 aliphatic carbocycles. The number of aromatic nitrogens is 2. The Morgan fingerprint density at radius 1 is 1.05 bits per heavy atom. The summed E-state index contributed by atoms with van der Waals surface area (Å²) in [6.45, 7) is 5.47. The van der Waals surface area contributed by atoms with E-state index in [-0.39, 0.29) is 16.7 Å².